The van der Waals surface area contributed by atoms with Crippen LogP contribution in [0.4, 0.5) is 11.5 Å². The van der Waals surface area contributed by atoms with Crippen LogP contribution in [0.15, 0.2) is 36.7 Å². The summed E-state index contributed by atoms with van der Waals surface area (Å²) in [6.07, 6.45) is 1.35. The average Bonchev–Trinajstić information content (AvgIpc) is 2.63. The molecule has 0 atom stereocenters. The first kappa shape index (κ1) is 18.4. The summed E-state index contributed by atoms with van der Waals surface area (Å²) in [6.45, 7) is 7.19. The zero-order chi connectivity index (χ0) is 18.2. The monoisotopic (exact) mass is 342 g/mol. The van der Waals surface area contributed by atoms with E-state index in [1.807, 2.05) is 13.8 Å². The summed E-state index contributed by atoms with van der Waals surface area (Å²) < 4.78 is 4.95. The predicted molar refractivity (Wildman–Crippen MR) is 95.0 cm³/mol. The van der Waals surface area contributed by atoms with E-state index in [1.165, 1.54) is 6.33 Å². The lowest BCUT2D eigenvalue weighted by molar-refractivity contribution is 0.0526. The number of carbonyl (C=O) groups is 2. The van der Waals surface area contributed by atoms with Crippen LogP contribution in [0.5, 0.6) is 0 Å². The molecule has 0 aliphatic heterocycles. The van der Waals surface area contributed by atoms with Gasteiger partial charge in [-0.1, -0.05) is 0 Å². The van der Waals surface area contributed by atoms with Crippen LogP contribution >= 0.6 is 0 Å². The second-order valence-electron chi connectivity index (χ2n) is 5.19. The van der Waals surface area contributed by atoms with E-state index in [9.17, 15) is 9.59 Å². The summed E-state index contributed by atoms with van der Waals surface area (Å²) in [7, 11) is 0. The Hall–Kier alpha value is -2.96. The Morgan fingerprint density at radius 3 is 2.36 bits per heavy atom. The topological polar surface area (TPSA) is 84.4 Å². The molecule has 7 heteroatoms. The molecule has 1 amide bonds. The maximum absolute atomic E-state index is 12.3. The molecule has 25 heavy (non-hydrogen) atoms. The van der Waals surface area contributed by atoms with Crippen LogP contribution in [0.25, 0.3) is 0 Å². The third kappa shape index (κ3) is 4.76. The van der Waals surface area contributed by atoms with Gasteiger partial charge in [-0.15, -0.1) is 0 Å². The number of amides is 1. The van der Waals surface area contributed by atoms with Crippen molar-refractivity contribution >= 4 is 23.4 Å². The highest BCUT2D eigenvalue weighted by Gasteiger charge is 2.14. The molecule has 0 fully saturated rings. The van der Waals surface area contributed by atoms with Crippen molar-refractivity contribution in [3.05, 3.63) is 47.9 Å². The molecule has 7 nitrogen and oxygen atoms in total. The number of nitrogens with zero attached hydrogens (tertiary/aromatic N) is 3. The third-order valence-corrected chi connectivity index (χ3v) is 3.61. The number of rotatable bonds is 7. The molecule has 0 aliphatic carbocycles. The molecule has 2 aromatic rings. The van der Waals surface area contributed by atoms with Gasteiger partial charge in [-0.2, -0.15) is 0 Å². The van der Waals surface area contributed by atoms with Gasteiger partial charge in [0.05, 0.1) is 12.2 Å². The van der Waals surface area contributed by atoms with E-state index >= 15 is 0 Å². The van der Waals surface area contributed by atoms with Crippen molar-refractivity contribution in [2.45, 2.75) is 20.8 Å². The fourth-order valence-corrected chi connectivity index (χ4v) is 2.27. The first-order valence-electron chi connectivity index (χ1n) is 8.24. The minimum atomic E-state index is -0.358. The molecule has 0 bridgehead atoms. The van der Waals surface area contributed by atoms with Crippen LogP contribution in [0.3, 0.4) is 0 Å². The molecule has 1 heterocycles. The Bertz CT molecular complexity index is 727. The molecule has 2 rings (SSSR count). The Labute approximate surface area is 147 Å². The highest BCUT2D eigenvalue weighted by molar-refractivity contribution is 5.93. The minimum absolute atomic E-state index is 0.131. The van der Waals surface area contributed by atoms with E-state index < -0.39 is 0 Å². The fraction of sp³-hybridized carbons (Fsp3) is 0.333. The van der Waals surface area contributed by atoms with Gasteiger partial charge in [0.2, 0.25) is 0 Å². The molecule has 0 radical (unpaired) electrons. The fourth-order valence-electron chi connectivity index (χ4n) is 2.27. The Kier molecular flexibility index (Phi) is 6.45. The molecule has 0 saturated heterocycles. The zero-order valence-electron chi connectivity index (χ0n) is 14.7. The number of hydrogen-bond acceptors (Lipinski definition) is 6. The molecule has 132 valence electrons. The van der Waals surface area contributed by atoms with Gasteiger partial charge in [0.1, 0.15) is 17.8 Å². The van der Waals surface area contributed by atoms with Crippen LogP contribution in [-0.4, -0.2) is 46.4 Å². The van der Waals surface area contributed by atoms with Crippen molar-refractivity contribution in [3.8, 4) is 0 Å². The standard InChI is InChI=1S/C18H22N4O3/c1-4-22(5-2)17(23)15-11-16(20-12-19-15)21-14-9-7-13(8-10-14)18(24)25-6-3/h7-12H,4-6H2,1-3H3,(H,19,20,21). The van der Waals surface area contributed by atoms with Gasteiger partial charge in [0.25, 0.3) is 5.91 Å². The molecule has 0 aliphatic rings. The first-order valence-corrected chi connectivity index (χ1v) is 8.24. The van der Waals surface area contributed by atoms with E-state index in [-0.39, 0.29) is 11.9 Å². The van der Waals surface area contributed by atoms with Crippen molar-refractivity contribution in [2.24, 2.45) is 0 Å². The highest BCUT2D eigenvalue weighted by atomic mass is 16.5. The summed E-state index contributed by atoms with van der Waals surface area (Å²) in [5, 5.41) is 3.10. The summed E-state index contributed by atoms with van der Waals surface area (Å²) in [5.41, 5.74) is 1.56. The van der Waals surface area contributed by atoms with Gasteiger partial charge in [-0.25, -0.2) is 14.8 Å². The number of hydrogen-bond donors (Lipinski definition) is 1. The zero-order valence-corrected chi connectivity index (χ0v) is 14.7. The van der Waals surface area contributed by atoms with E-state index in [1.54, 1.807) is 42.2 Å². The minimum Gasteiger partial charge on any atom is -0.462 e. The summed E-state index contributed by atoms with van der Waals surface area (Å²) in [6, 6.07) is 8.45. The molecule has 0 unspecified atom stereocenters. The van der Waals surface area contributed by atoms with E-state index in [4.69, 9.17) is 4.74 Å². The van der Waals surface area contributed by atoms with Crippen LogP contribution in [0, 0.1) is 0 Å². The maximum atomic E-state index is 12.3. The van der Waals surface area contributed by atoms with Crippen LogP contribution in [0.2, 0.25) is 0 Å². The van der Waals surface area contributed by atoms with Crippen LogP contribution < -0.4 is 5.32 Å². The van der Waals surface area contributed by atoms with E-state index in [0.29, 0.717) is 36.8 Å². The molecular weight excluding hydrogens is 320 g/mol. The van der Waals surface area contributed by atoms with Gasteiger partial charge in [0, 0.05) is 24.8 Å². The molecule has 0 spiro atoms. The molecule has 1 N–H and O–H groups in total. The van der Waals surface area contributed by atoms with Crippen molar-refractivity contribution in [1.82, 2.24) is 14.9 Å². The third-order valence-electron chi connectivity index (χ3n) is 3.61. The second-order valence-corrected chi connectivity index (χ2v) is 5.19. The predicted octanol–water partition coefficient (Wildman–Crippen LogP) is 2.88. The van der Waals surface area contributed by atoms with E-state index in [2.05, 4.69) is 15.3 Å². The van der Waals surface area contributed by atoms with Crippen LogP contribution in [0.1, 0.15) is 41.6 Å². The molecule has 0 saturated carbocycles. The molecular formula is C18H22N4O3. The van der Waals surface area contributed by atoms with Gasteiger partial charge in [-0.05, 0) is 45.0 Å². The van der Waals surface area contributed by atoms with Crippen molar-refractivity contribution in [2.75, 3.05) is 25.0 Å². The number of esters is 1. The lowest BCUT2D eigenvalue weighted by atomic mass is 10.2. The van der Waals surface area contributed by atoms with Crippen LogP contribution in [-0.2, 0) is 4.74 Å². The van der Waals surface area contributed by atoms with Gasteiger partial charge in [-0.3, -0.25) is 4.79 Å². The van der Waals surface area contributed by atoms with Gasteiger partial charge < -0.3 is 15.0 Å². The number of benzene rings is 1. The summed E-state index contributed by atoms with van der Waals surface area (Å²) in [5.74, 6) is 0.0192. The Balaban J connectivity index is 2.11. The largest absolute Gasteiger partial charge is 0.462 e. The lowest BCUT2D eigenvalue weighted by Crippen LogP contribution is -2.31. The first-order chi connectivity index (χ1) is 12.1. The Morgan fingerprint density at radius 1 is 1.08 bits per heavy atom. The SMILES string of the molecule is CCOC(=O)c1ccc(Nc2cc(C(=O)N(CC)CC)ncn2)cc1. The van der Waals surface area contributed by atoms with E-state index in [0.717, 1.165) is 5.69 Å². The molecule has 1 aromatic carbocycles. The van der Waals surface area contributed by atoms with Gasteiger partial charge >= 0.3 is 5.97 Å². The number of ether oxygens (including phenoxy) is 1. The quantitative estimate of drug-likeness (QED) is 0.779. The smallest absolute Gasteiger partial charge is 0.338 e. The second kappa shape index (κ2) is 8.77. The average molecular weight is 342 g/mol. The number of aromatic nitrogens is 2. The van der Waals surface area contributed by atoms with Gasteiger partial charge in [0.15, 0.2) is 0 Å². The number of nitrogens with one attached hydrogen (secondary N) is 1. The Morgan fingerprint density at radius 2 is 1.76 bits per heavy atom. The van der Waals surface area contributed by atoms with Crippen molar-refractivity contribution < 1.29 is 14.3 Å². The number of carbonyl (C=O) groups excluding carboxylic acids is 2. The normalized spacial score (nSPS) is 10.2. The summed E-state index contributed by atoms with van der Waals surface area (Å²) >= 11 is 0. The highest BCUT2D eigenvalue weighted by Crippen LogP contribution is 2.16. The summed E-state index contributed by atoms with van der Waals surface area (Å²) in [4.78, 5) is 33.9. The van der Waals surface area contributed by atoms with Crippen molar-refractivity contribution in [3.63, 3.8) is 0 Å². The van der Waals surface area contributed by atoms with Crippen molar-refractivity contribution in [1.29, 1.82) is 0 Å². The lowest BCUT2D eigenvalue weighted by Gasteiger charge is -2.18. The molecule has 1 aromatic heterocycles. The maximum Gasteiger partial charge on any atom is 0.338 e. The number of anilines is 2.